The second kappa shape index (κ2) is 5.15. The van der Waals surface area contributed by atoms with Gasteiger partial charge in [0.05, 0.1) is 12.0 Å². The van der Waals surface area contributed by atoms with E-state index in [0.29, 0.717) is 5.02 Å². The van der Waals surface area contributed by atoms with Gasteiger partial charge in [0.2, 0.25) is 6.54 Å². The van der Waals surface area contributed by atoms with Crippen molar-refractivity contribution in [1.29, 1.82) is 5.26 Å². The Morgan fingerprint density at radius 3 is 2.41 bits per heavy atom. The number of benzene rings is 1. The summed E-state index contributed by atoms with van der Waals surface area (Å²) in [5.41, 5.74) is 0.0373. The predicted molar refractivity (Wildman–Crippen MR) is 65.4 cm³/mol. The molecule has 0 N–H and O–H groups in total. The first-order chi connectivity index (χ1) is 7.86. The number of nitriles is 1. The zero-order chi connectivity index (χ0) is 13.1. The molecule has 0 saturated carbocycles. The molecule has 0 aromatic heterocycles. The third-order valence-electron chi connectivity index (χ3n) is 2.65. The quantitative estimate of drug-likeness (QED) is 0.610. The molecule has 0 amide bonds. The third-order valence-corrected chi connectivity index (χ3v) is 2.90. The van der Waals surface area contributed by atoms with Gasteiger partial charge in [-0.1, -0.05) is 37.6 Å². The summed E-state index contributed by atoms with van der Waals surface area (Å²) in [7, 11) is 0. The molecule has 1 unspecified atom stereocenters. The fraction of sp³-hybridized carbons (Fsp3) is 0.417. The van der Waals surface area contributed by atoms with Gasteiger partial charge in [0.25, 0.3) is 0 Å². The first kappa shape index (κ1) is 13.5. The van der Waals surface area contributed by atoms with Crippen molar-refractivity contribution in [2.24, 2.45) is 5.41 Å². The Morgan fingerprint density at radius 2 is 2.00 bits per heavy atom. The van der Waals surface area contributed by atoms with Gasteiger partial charge in [-0.05, 0) is 17.7 Å². The van der Waals surface area contributed by atoms with E-state index >= 15 is 0 Å². The first-order valence-electron chi connectivity index (χ1n) is 5.13. The fourth-order valence-corrected chi connectivity index (χ4v) is 1.91. The highest BCUT2D eigenvalue weighted by molar-refractivity contribution is 6.30. The van der Waals surface area contributed by atoms with Crippen LogP contribution in [-0.2, 0) is 0 Å². The second-order valence-electron chi connectivity index (χ2n) is 4.59. The van der Waals surface area contributed by atoms with Crippen molar-refractivity contribution < 1.29 is 4.92 Å². The van der Waals surface area contributed by atoms with E-state index in [2.05, 4.69) is 6.07 Å². The largest absolute Gasteiger partial charge is 0.265 e. The van der Waals surface area contributed by atoms with Gasteiger partial charge in [-0.3, -0.25) is 10.1 Å². The number of nitrogens with zero attached hydrogens (tertiary/aromatic N) is 2. The maximum absolute atomic E-state index is 10.6. The lowest BCUT2D eigenvalue weighted by atomic mass is 9.76. The maximum Gasteiger partial charge on any atom is 0.210 e. The van der Waals surface area contributed by atoms with Crippen molar-refractivity contribution in [2.45, 2.75) is 19.8 Å². The van der Waals surface area contributed by atoms with Gasteiger partial charge in [-0.15, -0.1) is 0 Å². The van der Waals surface area contributed by atoms with Crippen LogP contribution in [0.25, 0.3) is 0 Å². The number of nitro groups is 1. The minimum Gasteiger partial charge on any atom is -0.265 e. The minimum atomic E-state index is -0.716. The smallest absolute Gasteiger partial charge is 0.210 e. The minimum absolute atomic E-state index is 0.242. The molecule has 1 aromatic rings. The van der Waals surface area contributed by atoms with Gasteiger partial charge in [0, 0.05) is 15.4 Å². The van der Waals surface area contributed by atoms with Gasteiger partial charge in [-0.25, -0.2) is 0 Å². The molecule has 0 saturated heterocycles. The van der Waals surface area contributed by atoms with Crippen molar-refractivity contribution >= 4 is 11.6 Å². The molecule has 0 aliphatic rings. The summed E-state index contributed by atoms with van der Waals surface area (Å²) in [6.07, 6.45) is 0. The summed E-state index contributed by atoms with van der Waals surface area (Å²) in [4.78, 5) is 10.2. The fourth-order valence-electron chi connectivity index (χ4n) is 1.78. The lowest BCUT2D eigenvalue weighted by Crippen LogP contribution is -2.29. The van der Waals surface area contributed by atoms with Crippen LogP contribution in [0.4, 0.5) is 0 Å². The topological polar surface area (TPSA) is 66.9 Å². The van der Waals surface area contributed by atoms with E-state index in [0.717, 1.165) is 5.56 Å². The van der Waals surface area contributed by atoms with Crippen molar-refractivity contribution in [3.63, 3.8) is 0 Å². The highest BCUT2D eigenvalue weighted by Crippen LogP contribution is 2.35. The Kier molecular flexibility index (Phi) is 4.08. The Morgan fingerprint density at radius 1 is 1.47 bits per heavy atom. The van der Waals surface area contributed by atoms with Crippen LogP contribution >= 0.6 is 11.6 Å². The molecule has 1 aromatic carbocycles. The maximum atomic E-state index is 10.6. The number of hydrogen-bond donors (Lipinski definition) is 0. The molecule has 0 bridgehead atoms. The van der Waals surface area contributed by atoms with Gasteiger partial charge >= 0.3 is 0 Å². The SMILES string of the molecule is CC(C)(C[N+](=O)[O-])C(C#N)c1ccc(Cl)cc1. The predicted octanol–water partition coefficient (Wildman–Crippen LogP) is 3.25. The molecule has 0 heterocycles. The summed E-state index contributed by atoms with van der Waals surface area (Å²) in [5, 5.41) is 20.4. The van der Waals surface area contributed by atoms with Crippen LogP contribution in [-0.4, -0.2) is 11.5 Å². The summed E-state index contributed by atoms with van der Waals surface area (Å²) >= 11 is 5.77. The zero-order valence-corrected chi connectivity index (χ0v) is 10.4. The van der Waals surface area contributed by atoms with Crippen molar-refractivity contribution in [3.05, 3.63) is 45.0 Å². The average molecular weight is 253 g/mol. The average Bonchev–Trinajstić information content (AvgIpc) is 2.19. The lowest BCUT2D eigenvalue weighted by molar-refractivity contribution is -0.496. The van der Waals surface area contributed by atoms with Crippen LogP contribution in [0.2, 0.25) is 5.02 Å². The van der Waals surface area contributed by atoms with Crippen molar-refractivity contribution in [2.75, 3.05) is 6.54 Å². The van der Waals surface area contributed by atoms with E-state index in [-0.39, 0.29) is 11.5 Å². The second-order valence-corrected chi connectivity index (χ2v) is 5.03. The molecule has 0 aliphatic carbocycles. The molecule has 17 heavy (non-hydrogen) atoms. The number of rotatable bonds is 4. The molecule has 5 heteroatoms. The van der Waals surface area contributed by atoms with Gasteiger partial charge < -0.3 is 0 Å². The van der Waals surface area contributed by atoms with Crippen LogP contribution < -0.4 is 0 Å². The third kappa shape index (κ3) is 3.43. The highest BCUT2D eigenvalue weighted by atomic mass is 35.5. The molecule has 4 nitrogen and oxygen atoms in total. The first-order valence-corrected chi connectivity index (χ1v) is 5.51. The Labute approximate surface area is 105 Å². The highest BCUT2D eigenvalue weighted by Gasteiger charge is 2.35. The molecule has 90 valence electrons. The summed E-state index contributed by atoms with van der Waals surface area (Å²) < 4.78 is 0. The normalized spacial score (nSPS) is 12.8. The van der Waals surface area contributed by atoms with Crippen LogP contribution in [0.15, 0.2) is 24.3 Å². The van der Waals surface area contributed by atoms with E-state index in [1.807, 2.05) is 0 Å². The monoisotopic (exact) mass is 252 g/mol. The van der Waals surface area contributed by atoms with E-state index in [9.17, 15) is 15.4 Å². The lowest BCUT2D eigenvalue weighted by Gasteiger charge is -2.25. The Bertz CT molecular complexity index is 449. The standard InChI is InChI=1S/C12H13ClN2O2/c1-12(2,8-15(16)17)11(7-14)9-3-5-10(13)6-4-9/h3-6,11H,8H2,1-2H3. The summed E-state index contributed by atoms with van der Waals surface area (Å²) in [6, 6.07) is 8.97. The van der Waals surface area contributed by atoms with E-state index in [4.69, 9.17) is 11.6 Å². The van der Waals surface area contributed by atoms with Gasteiger partial charge in [0.1, 0.15) is 0 Å². The number of halogens is 1. The molecule has 0 fully saturated rings. The van der Waals surface area contributed by atoms with Crippen LogP contribution in [0, 0.1) is 26.9 Å². The molecule has 1 atom stereocenters. The molecule has 0 radical (unpaired) electrons. The van der Waals surface area contributed by atoms with E-state index in [1.165, 1.54) is 0 Å². The zero-order valence-electron chi connectivity index (χ0n) is 9.68. The van der Waals surface area contributed by atoms with E-state index < -0.39 is 11.3 Å². The molecule has 1 rings (SSSR count). The molecular weight excluding hydrogens is 240 g/mol. The van der Waals surface area contributed by atoms with Gasteiger partial charge in [0.15, 0.2) is 0 Å². The van der Waals surface area contributed by atoms with Gasteiger partial charge in [-0.2, -0.15) is 5.26 Å². The molecule has 0 aliphatic heterocycles. The van der Waals surface area contributed by atoms with Crippen LogP contribution in [0.3, 0.4) is 0 Å². The summed E-state index contributed by atoms with van der Waals surface area (Å²) in [5.74, 6) is -0.523. The van der Waals surface area contributed by atoms with Crippen LogP contribution in [0.5, 0.6) is 0 Å². The Balaban J connectivity index is 3.03. The Hall–Kier alpha value is -1.60. The van der Waals surface area contributed by atoms with Crippen LogP contribution in [0.1, 0.15) is 25.3 Å². The van der Waals surface area contributed by atoms with E-state index in [1.54, 1.807) is 38.1 Å². The molecular formula is C12H13ClN2O2. The molecule has 0 spiro atoms. The summed E-state index contributed by atoms with van der Waals surface area (Å²) in [6.45, 7) is 3.20. The van der Waals surface area contributed by atoms with Crippen molar-refractivity contribution in [1.82, 2.24) is 0 Å². The van der Waals surface area contributed by atoms with Crippen molar-refractivity contribution in [3.8, 4) is 6.07 Å². The number of hydrogen-bond acceptors (Lipinski definition) is 3.